The third-order valence-electron chi connectivity index (χ3n) is 4.26. The number of amides is 1. The molecule has 0 bridgehead atoms. The van der Waals surface area contributed by atoms with Crippen molar-refractivity contribution in [3.05, 3.63) is 76.2 Å². The van der Waals surface area contributed by atoms with Crippen molar-refractivity contribution in [1.29, 1.82) is 0 Å². The Morgan fingerprint density at radius 3 is 2.74 bits per heavy atom. The van der Waals surface area contributed by atoms with Crippen molar-refractivity contribution in [3.8, 4) is 5.69 Å². The van der Waals surface area contributed by atoms with Crippen LogP contribution in [0.4, 0.5) is 10.2 Å². The van der Waals surface area contributed by atoms with Gasteiger partial charge < -0.3 is 5.32 Å². The van der Waals surface area contributed by atoms with E-state index in [0.717, 1.165) is 5.56 Å². The van der Waals surface area contributed by atoms with Gasteiger partial charge in [-0.05, 0) is 35.9 Å². The number of carbonyl (C=O) groups excluding carboxylic acids is 1. The Kier molecular flexibility index (Phi) is 4.80. The second-order valence-corrected chi connectivity index (χ2v) is 8.14. The Morgan fingerprint density at radius 2 is 2.00 bits per heavy atom. The van der Waals surface area contributed by atoms with Gasteiger partial charge >= 0.3 is 0 Å². The van der Waals surface area contributed by atoms with Crippen LogP contribution in [0.1, 0.15) is 16.8 Å². The van der Waals surface area contributed by atoms with Crippen LogP contribution in [0.2, 0.25) is 5.02 Å². The van der Waals surface area contributed by atoms with Gasteiger partial charge in [0.1, 0.15) is 11.6 Å². The molecule has 1 amide bonds. The third kappa shape index (κ3) is 3.79. The van der Waals surface area contributed by atoms with E-state index in [0.29, 0.717) is 39.3 Å². The molecule has 0 saturated heterocycles. The zero-order valence-electron chi connectivity index (χ0n) is 14.1. The maximum Gasteiger partial charge on any atom is 0.229 e. The van der Waals surface area contributed by atoms with Crippen LogP contribution >= 0.6 is 11.6 Å². The topological polar surface area (TPSA) is 64.0 Å². The highest BCUT2D eigenvalue weighted by molar-refractivity contribution is 7.83. The molecule has 0 fully saturated rings. The monoisotopic (exact) mass is 403 g/mol. The number of halogens is 2. The van der Waals surface area contributed by atoms with E-state index in [4.69, 9.17) is 11.6 Å². The van der Waals surface area contributed by atoms with Crippen LogP contribution in [0, 0.1) is 5.82 Å². The molecule has 1 aliphatic heterocycles. The number of hydrogen-bond donors (Lipinski definition) is 1. The molecule has 0 radical (unpaired) electrons. The lowest BCUT2D eigenvalue weighted by atomic mass is 10.1. The predicted octanol–water partition coefficient (Wildman–Crippen LogP) is 3.61. The molecule has 0 spiro atoms. The molecule has 2 heterocycles. The number of benzene rings is 2. The van der Waals surface area contributed by atoms with Gasteiger partial charge in [-0.1, -0.05) is 29.8 Å². The van der Waals surface area contributed by atoms with Crippen LogP contribution in [0.15, 0.2) is 48.5 Å². The summed E-state index contributed by atoms with van der Waals surface area (Å²) in [4.78, 5) is 12.5. The Labute approximate surface area is 162 Å². The summed E-state index contributed by atoms with van der Waals surface area (Å²) in [6.07, 6.45) is 0.0961. The Morgan fingerprint density at radius 1 is 1.22 bits per heavy atom. The summed E-state index contributed by atoms with van der Waals surface area (Å²) in [5.41, 5.74) is 2.90. The van der Waals surface area contributed by atoms with Gasteiger partial charge in [-0.25, -0.2) is 9.07 Å². The molecule has 1 aliphatic rings. The molecular formula is C19H15ClFN3O2S. The lowest BCUT2D eigenvalue weighted by molar-refractivity contribution is -0.115. The summed E-state index contributed by atoms with van der Waals surface area (Å²) in [6.45, 7) is 0. The number of nitrogens with one attached hydrogen (secondary N) is 1. The minimum absolute atomic E-state index is 0.0961. The van der Waals surface area contributed by atoms with Crippen molar-refractivity contribution in [2.75, 3.05) is 5.32 Å². The maximum absolute atomic E-state index is 13.0. The Bertz CT molecular complexity index is 1050. The molecule has 5 nitrogen and oxygen atoms in total. The standard InChI is InChI=1S/C19H15ClFN3O2S/c20-13-2-1-3-15(9-13)24-19(16-10-27(26)11-17(16)23-24)22-18(25)8-12-4-6-14(21)7-5-12/h1-7,9H,8,10-11H2,(H,22,25)/t27-/m0/s1. The van der Waals surface area contributed by atoms with E-state index in [1.165, 1.54) is 12.1 Å². The largest absolute Gasteiger partial charge is 0.310 e. The fourth-order valence-electron chi connectivity index (χ4n) is 3.01. The zero-order valence-corrected chi connectivity index (χ0v) is 15.7. The molecule has 0 aliphatic carbocycles. The van der Waals surface area contributed by atoms with Gasteiger partial charge in [0.2, 0.25) is 5.91 Å². The van der Waals surface area contributed by atoms with E-state index < -0.39 is 10.8 Å². The number of anilines is 1. The van der Waals surface area contributed by atoms with E-state index in [9.17, 15) is 13.4 Å². The highest BCUT2D eigenvalue weighted by Gasteiger charge is 2.28. The minimum atomic E-state index is -1.02. The molecule has 2 aromatic carbocycles. The van der Waals surface area contributed by atoms with Crippen LogP contribution in [0.5, 0.6) is 0 Å². The van der Waals surface area contributed by atoms with Crippen LogP contribution in [0.25, 0.3) is 5.69 Å². The van der Waals surface area contributed by atoms with Crippen molar-refractivity contribution in [1.82, 2.24) is 9.78 Å². The van der Waals surface area contributed by atoms with Gasteiger partial charge in [0.25, 0.3) is 0 Å². The molecule has 27 heavy (non-hydrogen) atoms. The SMILES string of the molecule is O=C(Cc1ccc(F)cc1)Nc1c2c(nn1-c1cccc(Cl)c1)C[S@@](=O)C2. The molecule has 8 heteroatoms. The summed E-state index contributed by atoms with van der Waals surface area (Å²) in [5.74, 6) is 0.611. The average molecular weight is 404 g/mol. The molecule has 1 atom stereocenters. The maximum atomic E-state index is 13.0. The summed E-state index contributed by atoms with van der Waals surface area (Å²) in [5, 5.41) is 7.96. The van der Waals surface area contributed by atoms with Crippen molar-refractivity contribution >= 4 is 34.1 Å². The third-order valence-corrected chi connectivity index (χ3v) is 5.70. The van der Waals surface area contributed by atoms with Crippen LogP contribution in [-0.4, -0.2) is 19.9 Å². The number of carbonyl (C=O) groups is 1. The van der Waals surface area contributed by atoms with Gasteiger partial charge in [-0.15, -0.1) is 0 Å². The lowest BCUT2D eigenvalue weighted by Crippen LogP contribution is -2.18. The molecule has 0 unspecified atom stereocenters. The number of hydrogen-bond acceptors (Lipinski definition) is 3. The summed E-state index contributed by atoms with van der Waals surface area (Å²) in [6, 6.07) is 12.9. The predicted molar refractivity (Wildman–Crippen MR) is 103 cm³/mol. The van der Waals surface area contributed by atoms with Crippen LogP contribution < -0.4 is 5.32 Å². The molecule has 1 aromatic heterocycles. The molecule has 4 rings (SSSR count). The van der Waals surface area contributed by atoms with Crippen molar-refractivity contribution in [2.24, 2.45) is 0 Å². The lowest BCUT2D eigenvalue weighted by Gasteiger charge is -2.11. The smallest absolute Gasteiger partial charge is 0.229 e. The zero-order chi connectivity index (χ0) is 19.0. The fraction of sp³-hybridized carbons (Fsp3) is 0.158. The number of aromatic nitrogens is 2. The minimum Gasteiger partial charge on any atom is -0.310 e. The van der Waals surface area contributed by atoms with E-state index in [1.807, 2.05) is 6.07 Å². The van der Waals surface area contributed by atoms with Gasteiger partial charge in [0, 0.05) is 21.4 Å². The quantitative estimate of drug-likeness (QED) is 0.723. The van der Waals surface area contributed by atoms with Gasteiger partial charge in [-0.2, -0.15) is 5.10 Å². The van der Waals surface area contributed by atoms with Crippen LogP contribution in [0.3, 0.4) is 0 Å². The van der Waals surface area contributed by atoms with Crippen LogP contribution in [-0.2, 0) is 33.5 Å². The average Bonchev–Trinajstić information content (AvgIpc) is 3.14. The first-order valence-electron chi connectivity index (χ1n) is 8.25. The van der Waals surface area contributed by atoms with E-state index in [2.05, 4.69) is 10.4 Å². The first-order chi connectivity index (χ1) is 13.0. The van der Waals surface area contributed by atoms with Gasteiger partial charge in [-0.3, -0.25) is 9.00 Å². The summed E-state index contributed by atoms with van der Waals surface area (Å²) in [7, 11) is -1.02. The van der Waals surface area contributed by atoms with E-state index >= 15 is 0 Å². The summed E-state index contributed by atoms with van der Waals surface area (Å²) < 4.78 is 26.6. The number of nitrogens with zero attached hydrogens (tertiary/aromatic N) is 2. The first-order valence-corrected chi connectivity index (χ1v) is 10.1. The van der Waals surface area contributed by atoms with E-state index in [-0.39, 0.29) is 18.1 Å². The molecular weight excluding hydrogens is 389 g/mol. The number of rotatable bonds is 4. The molecule has 3 aromatic rings. The second kappa shape index (κ2) is 7.25. The van der Waals surface area contributed by atoms with Gasteiger partial charge in [0.05, 0.1) is 29.3 Å². The summed E-state index contributed by atoms with van der Waals surface area (Å²) >= 11 is 6.08. The molecule has 0 saturated carbocycles. The van der Waals surface area contributed by atoms with E-state index in [1.54, 1.807) is 35.0 Å². The second-order valence-electron chi connectivity index (χ2n) is 6.25. The molecule has 1 N–H and O–H groups in total. The van der Waals surface area contributed by atoms with Crippen molar-refractivity contribution in [2.45, 2.75) is 17.9 Å². The van der Waals surface area contributed by atoms with Gasteiger partial charge in [0.15, 0.2) is 0 Å². The molecule has 138 valence electrons. The van der Waals surface area contributed by atoms with Crippen molar-refractivity contribution in [3.63, 3.8) is 0 Å². The Hall–Kier alpha value is -2.51. The van der Waals surface area contributed by atoms with Crippen molar-refractivity contribution < 1.29 is 13.4 Å². The Balaban J connectivity index is 1.65. The number of fused-ring (bicyclic) bond motifs is 1. The normalized spacial score (nSPS) is 15.6. The first kappa shape index (κ1) is 17.9. The fourth-order valence-corrected chi connectivity index (χ4v) is 4.46. The highest BCUT2D eigenvalue weighted by Crippen LogP contribution is 2.32. The highest BCUT2D eigenvalue weighted by atomic mass is 35.5.